The van der Waals surface area contributed by atoms with Gasteiger partial charge in [0.25, 0.3) is 0 Å². The second-order valence-electron chi connectivity index (χ2n) is 7.58. The summed E-state index contributed by atoms with van der Waals surface area (Å²) >= 11 is 0. The Kier molecular flexibility index (Phi) is 3.76. The molecule has 3 aliphatic rings. The van der Waals surface area contributed by atoms with Gasteiger partial charge in [-0.15, -0.1) is 0 Å². The zero-order valence-electron chi connectivity index (χ0n) is 15.5. The third-order valence-electron chi connectivity index (χ3n) is 5.57. The number of rotatable bonds is 6. The molecule has 0 N–H and O–H groups in total. The van der Waals surface area contributed by atoms with E-state index in [2.05, 4.69) is 77.7 Å². The van der Waals surface area contributed by atoms with Crippen LogP contribution in [-0.4, -0.2) is 19.8 Å². The van der Waals surface area contributed by atoms with E-state index in [0.717, 1.165) is 36.9 Å². The molecule has 28 heavy (non-hydrogen) atoms. The molecule has 3 fully saturated rings. The zero-order chi connectivity index (χ0) is 18.5. The van der Waals surface area contributed by atoms with E-state index in [9.17, 15) is 0 Å². The number of ether oxygens (including phenoxy) is 3. The van der Waals surface area contributed by atoms with Crippen LogP contribution in [0.1, 0.15) is 35.0 Å². The van der Waals surface area contributed by atoms with Gasteiger partial charge < -0.3 is 19.1 Å². The summed E-state index contributed by atoms with van der Waals surface area (Å²) in [5.41, 5.74) is 7.13. The van der Waals surface area contributed by atoms with Crippen molar-refractivity contribution < 1.29 is 14.2 Å². The van der Waals surface area contributed by atoms with Crippen molar-refractivity contribution in [1.29, 1.82) is 0 Å². The van der Waals surface area contributed by atoms with Crippen molar-refractivity contribution in [3.63, 3.8) is 0 Å². The first-order valence-electron chi connectivity index (χ1n) is 9.80. The Morgan fingerprint density at radius 3 is 0.929 bits per heavy atom. The van der Waals surface area contributed by atoms with Gasteiger partial charge in [-0.3, -0.25) is 0 Å². The molecule has 3 saturated heterocycles. The van der Waals surface area contributed by atoms with Crippen LogP contribution in [0.25, 0.3) is 0 Å². The van der Waals surface area contributed by atoms with Crippen LogP contribution in [0.5, 0.6) is 0 Å². The predicted molar refractivity (Wildman–Crippen MR) is 107 cm³/mol. The lowest BCUT2D eigenvalue weighted by Crippen LogP contribution is -2.10. The van der Waals surface area contributed by atoms with Crippen LogP contribution >= 0.6 is 0 Å². The van der Waals surface area contributed by atoms with Crippen LogP contribution in [0.2, 0.25) is 0 Å². The normalized spacial score (nSPS) is 24.6. The van der Waals surface area contributed by atoms with Gasteiger partial charge in [-0.1, -0.05) is 36.4 Å². The van der Waals surface area contributed by atoms with E-state index in [1.165, 1.54) is 16.7 Å². The molecule has 0 aromatic heterocycles. The summed E-state index contributed by atoms with van der Waals surface area (Å²) in [6, 6.07) is 26.0. The lowest BCUT2D eigenvalue weighted by molar-refractivity contribution is 0.415. The van der Waals surface area contributed by atoms with Crippen molar-refractivity contribution in [3.05, 3.63) is 89.5 Å². The van der Waals surface area contributed by atoms with Crippen molar-refractivity contribution in [2.45, 2.75) is 18.3 Å². The van der Waals surface area contributed by atoms with Crippen LogP contribution in [-0.2, 0) is 14.2 Å². The molecule has 3 heterocycles. The van der Waals surface area contributed by atoms with Crippen LogP contribution in [0.4, 0.5) is 17.1 Å². The summed E-state index contributed by atoms with van der Waals surface area (Å²) in [7, 11) is 0. The van der Waals surface area contributed by atoms with Crippen LogP contribution in [0.15, 0.2) is 72.8 Å². The fraction of sp³-hybridized carbons (Fsp3) is 0.250. The minimum Gasteiger partial charge on any atom is -0.368 e. The van der Waals surface area contributed by atoms with Crippen LogP contribution < -0.4 is 4.90 Å². The maximum atomic E-state index is 5.41. The fourth-order valence-corrected chi connectivity index (χ4v) is 3.68. The van der Waals surface area contributed by atoms with E-state index < -0.39 is 0 Å². The second kappa shape index (κ2) is 6.45. The van der Waals surface area contributed by atoms with Gasteiger partial charge in [0.1, 0.15) is 18.3 Å². The summed E-state index contributed by atoms with van der Waals surface area (Å²) in [6.45, 7) is 2.50. The van der Waals surface area contributed by atoms with Crippen molar-refractivity contribution in [1.82, 2.24) is 0 Å². The molecule has 0 amide bonds. The first kappa shape index (κ1) is 16.3. The van der Waals surface area contributed by atoms with Crippen molar-refractivity contribution in [2.75, 3.05) is 24.7 Å². The molecule has 0 spiro atoms. The molecular weight excluding hydrogens is 350 g/mol. The molecule has 4 nitrogen and oxygen atoms in total. The Labute approximate surface area is 164 Å². The van der Waals surface area contributed by atoms with Crippen molar-refractivity contribution >= 4 is 17.1 Å². The molecule has 3 aromatic carbocycles. The molecule has 3 aliphatic heterocycles. The van der Waals surface area contributed by atoms with Gasteiger partial charge in [0.15, 0.2) is 0 Å². The Balaban J connectivity index is 1.37. The minimum atomic E-state index is 0.276. The van der Waals surface area contributed by atoms with Gasteiger partial charge in [-0.2, -0.15) is 0 Å². The molecule has 6 rings (SSSR count). The molecule has 3 aromatic rings. The highest BCUT2D eigenvalue weighted by atomic mass is 16.6. The molecule has 3 unspecified atom stereocenters. The SMILES string of the molecule is c1cc(N(c2ccc(C3CO3)cc2)c2ccc(C3CO3)cc2)ccc1C1CO1. The average Bonchev–Trinajstić information content (AvgIpc) is 3.60. The third kappa shape index (κ3) is 3.20. The third-order valence-corrected chi connectivity index (χ3v) is 5.57. The maximum absolute atomic E-state index is 5.41. The first-order valence-corrected chi connectivity index (χ1v) is 9.80. The molecule has 3 atom stereocenters. The monoisotopic (exact) mass is 371 g/mol. The van der Waals surface area contributed by atoms with Gasteiger partial charge in [0, 0.05) is 17.1 Å². The van der Waals surface area contributed by atoms with E-state index in [1.807, 2.05) is 0 Å². The Hall–Kier alpha value is -2.66. The Morgan fingerprint density at radius 2 is 0.714 bits per heavy atom. The number of hydrogen-bond donors (Lipinski definition) is 0. The summed E-state index contributed by atoms with van der Waals surface area (Å²) in [4.78, 5) is 2.28. The van der Waals surface area contributed by atoms with Crippen molar-refractivity contribution in [3.8, 4) is 0 Å². The highest BCUT2D eigenvalue weighted by Gasteiger charge is 2.27. The largest absolute Gasteiger partial charge is 0.368 e. The number of epoxide rings is 3. The number of anilines is 3. The number of hydrogen-bond acceptors (Lipinski definition) is 4. The summed E-state index contributed by atoms with van der Waals surface area (Å²) in [5.74, 6) is 0. The Morgan fingerprint density at radius 1 is 0.464 bits per heavy atom. The zero-order valence-corrected chi connectivity index (χ0v) is 15.5. The Bertz CT molecular complexity index is 838. The smallest absolute Gasteiger partial charge is 0.106 e. The molecule has 140 valence electrons. The van der Waals surface area contributed by atoms with Crippen molar-refractivity contribution in [2.24, 2.45) is 0 Å². The lowest BCUT2D eigenvalue weighted by Gasteiger charge is -2.26. The highest BCUT2D eigenvalue weighted by molar-refractivity contribution is 5.76. The molecule has 0 bridgehead atoms. The van der Waals surface area contributed by atoms with E-state index in [0.29, 0.717) is 0 Å². The summed E-state index contributed by atoms with van der Waals surface area (Å²) < 4.78 is 16.2. The fourth-order valence-electron chi connectivity index (χ4n) is 3.68. The summed E-state index contributed by atoms with van der Waals surface area (Å²) in [6.07, 6.45) is 0.828. The second-order valence-corrected chi connectivity index (χ2v) is 7.58. The predicted octanol–water partition coefficient (Wildman–Crippen LogP) is 5.37. The van der Waals surface area contributed by atoms with Gasteiger partial charge >= 0.3 is 0 Å². The topological polar surface area (TPSA) is 40.8 Å². The quantitative estimate of drug-likeness (QED) is 0.546. The van der Waals surface area contributed by atoms with E-state index in [1.54, 1.807) is 0 Å². The lowest BCUT2D eigenvalue weighted by atomic mass is 10.1. The molecular formula is C24H21NO3. The molecule has 0 aliphatic carbocycles. The summed E-state index contributed by atoms with van der Waals surface area (Å²) in [5, 5.41) is 0. The van der Waals surface area contributed by atoms with Gasteiger partial charge in [0.2, 0.25) is 0 Å². The van der Waals surface area contributed by atoms with Crippen LogP contribution in [0.3, 0.4) is 0 Å². The minimum absolute atomic E-state index is 0.276. The van der Waals surface area contributed by atoms with Gasteiger partial charge in [-0.05, 0) is 53.1 Å². The number of benzene rings is 3. The average molecular weight is 371 g/mol. The highest BCUT2D eigenvalue weighted by Crippen LogP contribution is 2.39. The molecule has 4 heteroatoms. The number of nitrogens with zero attached hydrogens (tertiary/aromatic N) is 1. The maximum Gasteiger partial charge on any atom is 0.106 e. The van der Waals surface area contributed by atoms with Gasteiger partial charge in [0.05, 0.1) is 19.8 Å². The standard InChI is InChI=1S/C24H21NO3/c1-7-19(8-2-16(1)22-13-26-22)25(20-9-3-17(4-10-20)23-14-27-23)21-11-5-18(6-12-21)24-15-28-24/h1-12,22-24H,13-15H2. The molecule has 0 radical (unpaired) electrons. The van der Waals surface area contributed by atoms with Crippen LogP contribution in [0, 0.1) is 0 Å². The van der Waals surface area contributed by atoms with E-state index >= 15 is 0 Å². The van der Waals surface area contributed by atoms with E-state index in [-0.39, 0.29) is 18.3 Å². The molecule has 0 saturated carbocycles. The van der Waals surface area contributed by atoms with Gasteiger partial charge in [-0.25, -0.2) is 0 Å². The van der Waals surface area contributed by atoms with E-state index in [4.69, 9.17) is 14.2 Å². The first-order chi connectivity index (χ1) is 13.8.